The zero-order valence-corrected chi connectivity index (χ0v) is 10.1. The topological polar surface area (TPSA) is 0 Å². The third kappa shape index (κ3) is 6.86. The summed E-state index contributed by atoms with van der Waals surface area (Å²) < 4.78 is 0. The lowest BCUT2D eigenvalue weighted by atomic mass is 9.79. The molecule has 0 aliphatic heterocycles. The number of hydrogen-bond donors (Lipinski definition) is 0. The molecule has 0 aliphatic carbocycles. The molecule has 0 saturated heterocycles. The van der Waals surface area contributed by atoms with Crippen LogP contribution in [0.15, 0.2) is 12.7 Å². The molecule has 0 fully saturated rings. The van der Waals surface area contributed by atoms with Gasteiger partial charge in [-0.05, 0) is 36.5 Å². The number of allylic oxidation sites excluding steroid dienone is 1. The summed E-state index contributed by atoms with van der Waals surface area (Å²) >= 11 is 0. The van der Waals surface area contributed by atoms with Gasteiger partial charge in [-0.15, -0.1) is 6.58 Å². The van der Waals surface area contributed by atoms with Gasteiger partial charge in [0.2, 0.25) is 0 Å². The van der Waals surface area contributed by atoms with Crippen molar-refractivity contribution in [1.82, 2.24) is 0 Å². The van der Waals surface area contributed by atoms with E-state index < -0.39 is 0 Å². The van der Waals surface area contributed by atoms with E-state index in [1.807, 2.05) is 6.08 Å². The predicted octanol–water partition coefficient (Wildman–Crippen LogP) is 4.66. The van der Waals surface area contributed by atoms with Gasteiger partial charge in [0.25, 0.3) is 0 Å². The summed E-state index contributed by atoms with van der Waals surface area (Å²) in [7, 11) is 0. The maximum absolute atomic E-state index is 3.77. The van der Waals surface area contributed by atoms with E-state index in [1.165, 1.54) is 12.8 Å². The standard InChI is InChI=1S/C13H26/c1-7-8-9-11(2)12(3)10-13(4,5)6/h7,11-12H,1,8-10H2,2-6H3. The minimum Gasteiger partial charge on any atom is -0.103 e. The van der Waals surface area contributed by atoms with Gasteiger partial charge >= 0.3 is 0 Å². The van der Waals surface area contributed by atoms with Crippen molar-refractivity contribution in [2.75, 3.05) is 0 Å². The van der Waals surface area contributed by atoms with Gasteiger partial charge in [-0.3, -0.25) is 0 Å². The Hall–Kier alpha value is -0.260. The third-order valence-electron chi connectivity index (χ3n) is 2.73. The van der Waals surface area contributed by atoms with Crippen molar-refractivity contribution in [3.63, 3.8) is 0 Å². The van der Waals surface area contributed by atoms with Crippen LogP contribution in [0, 0.1) is 17.3 Å². The minimum absolute atomic E-state index is 0.474. The summed E-state index contributed by atoms with van der Waals surface area (Å²) in [6.07, 6.45) is 5.81. The van der Waals surface area contributed by atoms with Crippen LogP contribution in [0.2, 0.25) is 0 Å². The summed E-state index contributed by atoms with van der Waals surface area (Å²) in [6, 6.07) is 0. The molecule has 0 bridgehead atoms. The smallest absolute Gasteiger partial charge is 0.0351 e. The van der Waals surface area contributed by atoms with Crippen molar-refractivity contribution in [1.29, 1.82) is 0 Å². The van der Waals surface area contributed by atoms with Crippen molar-refractivity contribution in [2.24, 2.45) is 17.3 Å². The summed E-state index contributed by atoms with van der Waals surface area (Å²) in [4.78, 5) is 0. The van der Waals surface area contributed by atoms with Crippen molar-refractivity contribution in [2.45, 2.75) is 53.9 Å². The van der Waals surface area contributed by atoms with E-state index in [-0.39, 0.29) is 0 Å². The van der Waals surface area contributed by atoms with Gasteiger partial charge in [0.15, 0.2) is 0 Å². The molecule has 13 heavy (non-hydrogen) atoms. The highest BCUT2D eigenvalue weighted by Crippen LogP contribution is 2.30. The fourth-order valence-corrected chi connectivity index (χ4v) is 1.83. The molecule has 0 heteroatoms. The molecule has 2 unspecified atom stereocenters. The Bertz CT molecular complexity index is 139. The largest absolute Gasteiger partial charge is 0.103 e. The SMILES string of the molecule is C=CCCC(C)C(C)CC(C)(C)C. The van der Waals surface area contributed by atoms with E-state index in [9.17, 15) is 0 Å². The maximum Gasteiger partial charge on any atom is -0.0351 e. The lowest BCUT2D eigenvalue weighted by molar-refractivity contribution is 0.242. The van der Waals surface area contributed by atoms with Gasteiger partial charge in [0.1, 0.15) is 0 Å². The molecule has 0 aromatic carbocycles. The monoisotopic (exact) mass is 182 g/mol. The van der Waals surface area contributed by atoms with Crippen LogP contribution in [0.5, 0.6) is 0 Å². The average Bonchev–Trinajstić information content (AvgIpc) is 1.96. The highest BCUT2D eigenvalue weighted by molar-refractivity contribution is 4.74. The Balaban J connectivity index is 3.81. The molecule has 0 aliphatic rings. The molecular weight excluding hydrogens is 156 g/mol. The van der Waals surface area contributed by atoms with Gasteiger partial charge in [0.05, 0.1) is 0 Å². The molecule has 2 atom stereocenters. The number of hydrogen-bond acceptors (Lipinski definition) is 0. The second kappa shape index (κ2) is 5.47. The Labute approximate surface area is 84.4 Å². The first-order valence-electron chi connectivity index (χ1n) is 5.47. The van der Waals surface area contributed by atoms with Crippen LogP contribution in [0.4, 0.5) is 0 Å². The molecule has 0 rings (SSSR count). The summed E-state index contributed by atoms with van der Waals surface area (Å²) in [6.45, 7) is 15.5. The summed E-state index contributed by atoms with van der Waals surface area (Å²) in [5, 5.41) is 0. The first-order valence-corrected chi connectivity index (χ1v) is 5.47. The minimum atomic E-state index is 0.474. The average molecular weight is 182 g/mol. The van der Waals surface area contributed by atoms with E-state index in [2.05, 4.69) is 41.2 Å². The van der Waals surface area contributed by atoms with E-state index in [0.29, 0.717) is 5.41 Å². The molecule has 78 valence electrons. The van der Waals surface area contributed by atoms with E-state index in [1.54, 1.807) is 0 Å². The fourth-order valence-electron chi connectivity index (χ4n) is 1.83. The first kappa shape index (κ1) is 12.7. The molecule has 0 saturated carbocycles. The van der Waals surface area contributed by atoms with Crippen LogP contribution < -0.4 is 0 Å². The van der Waals surface area contributed by atoms with Crippen LogP contribution in [0.25, 0.3) is 0 Å². The fraction of sp³-hybridized carbons (Fsp3) is 0.846. The molecule has 0 radical (unpaired) electrons. The molecule has 0 aromatic rings. The zero-order valence-electron chi connectivity index (χ0n) is 10.1. The lowest BCUT2D eigenvalue weighted by Crippen LogP contribution is -2.16. The van der Waals surface area contributed by atoms with Crippen molar-refractivity contribution in [3.8, 4) is 0 Å². The van der Waals surface area contributed by atoms with Gasteiger partial charge in [-0.2, -0.15) is 0 Å². The van der Waals surface area contributed by atoms with Gasteiger partial charge in [-0.25, -0.2) is 0 Å². The lowest BCUT2D eigenvalue weighted by Gasteiger charge is -2.27. The third-order valence-corrected chi connectivity index (χ3v) is 2.73. The van der Waals surface area contributed by atoms with Crippen LogP contribution in [-0.4, -0.2) is 0 Å². The van der Waals surface area contributed by atoms with Crippen molar-refractivity contribution in [3.05, 3.63) is 12.7 Å². The van der Waals surface area contributed by atoms with Gasteiger partial charge < -0.3 is 0 Å². The molecule has 0 aromatic heterocycles. The Morgan fingerprint density at radius 2 is 1.69 bits per heavy atom. The van der Waals surface area contributed by atoms with E-state index in [4.69, 9.17) is 0 Å². The zero-order chi connectivity index (χ0) is 10.5. The first-order chi connectivity index (χ1) is 5.87. The van der Waals surface area contributed by atoms with E-state index >= 15 is 0 Å². The van der Waals surface area contributed by atoms with Crippen LogP contribution in [-0.2, 0) is 0 Å². The normalized spacial score (nSPS) is 16.7. The number of rotatable bonds is 5. The van der Waals surface area contributed by atoms with E-state index in [0.717, 1.165) is 18.3 Å². The molecule has 0 amide bonds. The molecule has 0 nitrogen and oxygen atoms in total. The summed E-state index contributed by atoms with van der Waals surface area (Å²) in [5.41, 5.74) is 0.474. The Morgan fingerprint density at radius 1 is 1.15 bits per heavy atom. The van der Waals surface area contributed by atoms with Crippen LogP contribution in [0.3, 0.4) is 0 Å². The summed E-state index contributed by atoms with van der Waals surface area (Å²) in [5.74, 6) is 1.66. The molecule has 0 N–H and O–H groups in total. The second-order valence-corrected chi connectivity index (χ2v) is 5.59. The van der Waals surface area contributed by atoms with Crippen LogP contribution >= 0.6 is 0 Å². The predicted molar refractivity (Wildman–Crippen MR) is 61.8 cm³/mol. The Kier molecular flexibility index (Phi) is 5.36. The Morgan fingerprint density at radius 3 is 2.08 bits per heavy atom. The highest BCUT2D eigenvalue weighted by Gasteiger charge is 2.19. The maximum atomic E-state index is 3.77. The molecule has 0 spiro atoms. The van der Waals surface area contributed by atoms with Crippen molar-refractivity contribution < 1.29 is 0 Å². The molecular formula is C13H26. The van der Waals surface area contributed by atoms with Crippen molar-refractivity contribution >= 4 is 0 Å². The van der Waals surface area contributed by atoms with Gasteiger partial charge in [-0.1, -0.05) is 40.7 Å². The highest BCUT2D eigenvalue weighted by atomic mass is 14.2. The second-order valence-electron chi connectivity index (χ2n) is 5.59. The quantitative estimate of drug-likeness (QED) is 0.542. The van der Waals surface area contributed by atoms with Crippen LogP contribution in [0.1, 0.15) is 53.9 Å². The molecule has 0 heterocycles. The van der Waals surface area contributed by atoms with Gasteiger partial charge in [0, 0.05) is 0 Å².